The highest BCUT2D eigenvalue weighted by Gasteiger charge is 2.33. The molecule has 0 bridgehead atoms. The van der Waals surface area contributed by atoms with Crippen molar-refractivity contribution in [2.45, 2.75) is 30.2 Å². The van der Waals surface area contributed by atoms with Crippen LogP contribution in [0.25, 0.3) is 10.9 Å². The topological polar surface area (TPSA) is 194 Å². The van der Waals surface area contributed by atoms with Crippen LogP contribution in [0.5, 0.6) is 0 Å². The zero-order chi connectivity index (χ0) is 26.6. The Morgan fingerprint density at radius 3 is 2.61 bits per heavy atom. The van der Waals surface area contributed by atoms with E-state index in [2.05, 4.69) is 15.6 Å². The second-order valence-corrected chi connectivity index (χ2v) is 9.42. The van der Waals surface area contributed by atoms with E-state index in [1.54, 1.807) is 11.6 Å². The number of thioether (sulfide) groups is 1. The van der Waals surface area contributed by atoms with E-state index in [9.17, 15) is 23.9 Å². The van der Waals surface area contributed by atoms with Gasteiger partial charge in [-0.2, -0.15) is 0 Å². The average Bonchev–Trinajstić information content (AvgIpc) is 2.80. The third kappa shape index (κ3) is 5.48. The maximum atomic E-state index is 14.7. The lowest BCUT2D eigenvalue weighted by molar-refractivity contribution is -0.118. The number of nitrogens with zero attached hydrogens (tertiary/aromatic N) is 3. The number of hydrogen-bond acceptors (Lipinski definition) is 8. The van der Waals surface area contributed by atoms with Gasteiger partial charge in [0.05, 0.1) is 21.6 Å². The van der Waals surface area contributed by atoms with Crippen molar-refractivity contribution in [2.75, 3.05) is 32.1 Å². The van der Waals surface area contributed by atoms with Crippen molar-refractivity contribution in [3.05, 3.63) is 45.6 Å². The van der Waals surface area contributed by atoms with Gasteiger partial charge in [-0.25, -0.2) is 14.2 Å². The Morgan fingerprint density at radius 1 is 1.31 bits per heavy atom. The molecule has 9 N–H and O–H groups in total. The Kier molecular flexibility index (Phi) is 8.29. The van der Waals surface area contributed by atoms with Gasteiger partial charge in [0.2, 0.25) is 5.43 Å². The minimum absolute atomic E-state index is 0.0302. The molecule has 2 aromatic rings. The molecule has 12 nitrogen and oxygen atoms in total. The lowest BCUT2D eigenvalue weighted by Crippen LogP contribution is -2.35. The standard InChI is InChI=1S/C22H29FN8O4S/c1-11-31-15-8-14(13(23)7-12(15)18(32)17(21(34)35)20(31)36-11)27-5-3-4-6-28-19(33)16(9-24)30(2)10-29-22(25)26/h7-9,11,27H,3-6,10,24H2,1-2H3,(H,28,33)(H,34,35)(H4,25,26,29)/b16-9-. The van der Waals surface area contributed by atoms with Crippen LogP contribution in [-0.2, 0) is 4.79 Å². The molecule has 0 fully saturated rings. The number of carboxylic acid groups (broad SMARTS) is 1. The first-order valence-corrected chi connectivity index (χ1v) is 12.0. The molecule has 36 heavy (non-hydrogen) atoms. The largest absolute Gasteiger partial charge is 0.477 e. The minimum Gasteiger partial charge on any atom is -0.477 e. The van der Waals surface area contributed by atoms with Crippen molar-refractivity contribution in [3.63, 3.8) is 0 Å². The van der Waals surface area contributed by atoms with Crippen molar-refractivity contribution in [2.24, 2.45) is 22.2 Å². The molecule has 0 radical (unpaired) electrons. The van der Waals surface area contributed by atoms with Crippen LogP contribution in [0.1, 0.15) is 35.5 Å². The van der Waals surface area contributed by atoms with Gasteiger partial charge in [-0.15, -0.1) is 0 Å². The molecule has 3 rings (SSSR count). The molecular weight excluding hydrogens is 491 g/mol. The van der Waals surface area contributed by atoms with Gasteiger partial charge in [-0.1, -0.05) is 11.8 Å². The molecule has 1 unspecified atom stereocenters. The van der Waals surface area contributed by atoms with Gasteiger partial charge in [0.15, 0.2) is 5.96 Å². The number of nitrogens with one attached hydrogen (secondary N) is 2. The van der Waals surface area contributed by atoms with E-state index in [0.717, 1.165) is 6.07 Å². The van der Waals surface area contributed by atoms with E-state index >= 15 is 0 Å². The number of nitrogens with two attached hydrogens (primary N) is 3. The summed E-state index contributed by atoms with van der Waals surface area (Å²) in [6.45, 7) is 2.73. The number of anilines is 1. The predicted molar refractivity (Wildman–Crippen MR) is 137 cm³/mol. The molecule has 2 heterocycles. The fourth-order valence-electron chi connectivity index (χ4n) is 3.78. The van der Waals surface area contributed by atoms with Crippen LogP contribution in [0.3, 0.4) is 0 Å². The van der Waals surface area contributed by atoms with Crippen LogP contribution >= 0.6 is 11.8 Å². The van der Waals surface area contributed by atoms with E-state index in [0.29, 0.717) is 36.5 Å². The first-order chi connectivity index (χ1) is 17.1. The minimum atomic E-state index is -1.32. The van der Waals surface area contributed by atoms with Crippen LogP contribution < -0.4 is 33.3 Å². The number of pyridine rings is 1. The molecule has 14 heteroatoms. The number of benzene rings is 1. The summed E-state index contributed by atoms with van der Waals surface area (Å²) in [7, 11) is 1.62. The summed E-state index contributed by atoms with van der Waals surface area (Å²) >= 11 is 1.29. The molecule has 0 aliphatic carbocycles. The Balaban J connectivity index is 1.58. The van der Waals surface area contributed by atoms with Crippen LogP contribution in [0.15, 0.2) is 38.8 Å². The smallest absolute Gasteiger partial charge is 0.342 e. The number of carbonyl (C=O) groups is 2. The maximum Gasteiger partial charge on any atom is 0.342 e. The first kappa shape index (κ1) is 26.7. The van der Waals surface area contributed by atoms with E-state index in [4.69, 9.17) is 17.2 Å². The molecule has 0 spiro atoms. The quantitative estimate of drug-likeness (QED) is 0.106. The molecule has 0 saturated carbocycles. The summed E-state index contributed by atoms with van der Waals surface area (Å²) < 4.78 is 16.4. The third-order valence-corrected chi connectivity index (χ3v) is 6.76. The summed E-state index contributed by atoms with van der Waals surface area (Å²) in [5, 5.41) is 15.5. The Hall–Kier alpha value is -3.94. The highest BCUT2D eigenvalue weighted by molar-refractivity contribution is 8.00. The van der Waals surface area contributed by atoms with Crippen molar-refractivity contribution < 1.29 is 19.1 Å². The Bertz CT molecular complexity index is 1310. The number of fused-ring (bicyclic) bond motifs is 3. The van der Waals surface area contributed by atoms with Crippen molar-refractivity contribution >= 4 is 46.2 Å². The number of likely N-dealkylation sites (N-methyl/N-ethyl adjacent to an activating group) is 1. The first-order valence-electron chi connectivity index (χ1n) is 11.1. The summed E-state index contributed by atoms with van der Waals surface area (Å²) in [6, 6.07) is 2.61. The van der Waals surface area contributed by atoms with Gasteiger partial charge in [0, 0.05) is 31.7 Å². The second-order valence-electron chi connectivity index (χ2n) is 8.11. The summed E-state index contributed by atoms with van der Waals surface area (Å²) in [6.07, 6.45) is 2.39. The zero-order valence-electron chi connectivity index (χ0n) is 19.9. The Labute approximate surface area is 210 Å². The number of aliphatic imine (C=N–C) groups is 1. The predicted octanol–water partition coefficient (Wildman–Crippen LogP) is 0.734. The van der Waals surface area contributed by atoms with Crippen LogP contribution in [0.4, 0.5) is 10.1 Å². The van der Waals surface area contributed by atoms with Crippen molar-refractivity contribution in [1.82, 2.24) is 14.8 Å². The molecule has 1 aliphatic rings. The van der Waals surface area contributed by atoms with Gasteiger partial charge >= 0.3 is 5.97 Å². The van der Waals surface area contributed by atoms with E-state index < -0.39 is 17.2 Å². The number of rotatable bonds is 11. The fraction of sp³-hybridized carbons (Fsp3) is 0.364. The highest BCUT2D eigenvalue weighted by Crippen LogP contribution is 2.46. The number of guanidine groups is 1. The maximum absolute atomic E-state index is 14.7. The Morgan fingerprint density at radius 2 is 2.00 bits per heavy atom. The molecular formula is C22H29FN8O4S. The number of halogens is 1. The van der Waals surface area contributed by atoms with Gasteiger partial charge in [0.1, 0.15) is 23.7 Å². The van der Waals surface area contributed by atoms with Gasteiger partial charge in [-0.3, -0.25) is 9.59 Å². The number of amides is 1. The molecule has 194 valence electrons. The normalized spacial score (nSPS) is 14.5. The van der Waals surface area contributed by atoms with Crippen LogP contribution in [0, 0.1) is 5.82 Å². The lowest BCUT2D eigenvalue weighted by Gasteiger charge is -2.32. The summed E-state index contributed by atoms with van der Waals surface area (Å²) in [5.41, 5.74) is 16.0. The summed E-state index contributed by atoms with van der Waals surface area (Å²) in [5.74, 6) is -2.45. The van der Waals surface area contributed by atoms with Crippen LogP contribution in [0.2, 0.25) is 0 Å². The molecule has 1 amide bonds. The van der Waals surface area contributed by atoms with Crippen molar-refractivity contribution in [3.8, 4) is 0 Å². The average molecular weight is 521 g/mol. The van der Waals surface area contributed by atoms with Crippen molar-refractivity contribution in [1.29, 1.82) is 0 Å². The van der Waals surface area contributed by atoms with E-state index in [1.807, 2.05) is 6.92 Å². The number of hydrogen-bond donors (Lipinski definition) is 6. The lowest BCUT2D eigenvalue weighted by atomic mass is 10.1. The van der Waals surface area contributed by atoms with Gasteiger partial charge in [-0.05, 0) is 31.9 Å². The number of carboxylic acids is 1. The molecule has 1 aliphatic heterocycles. The SMILES string of the molecule is CC1Sc2c(C(=O)O)c(=O)c3cc(F)c(NCCCCNC(=O)/C(=C/N)N(C)CN=C(N)N)cc3n21. The van der Waals surface area contributed by atoms with E-state index in [1.165, 1.54) is 28.9 Å². The zero-order valence-corrected chi connectivity index (χ0v) is 20.7. The van der Waals surface area contributed by atoms with Gasteiger partial charge in [0.25, 0.3) is 5.91 Å². The van der Waals surface area contributed by atoms with Crippen LogP contribution in [-0.4, -0.2) is 59.2 Å². The number of unbranched alkanes of at least 4 members (excludes halogenated alkanes) is 1. The third-order valence-electron chi connectivity index (χ3n) is 5.58. The highest BCUT2D eigenvalue weighted by atomic mass is 32.2. The monoisotopic (exact) mass is 520 g/mol. The second kappa shape index (κ2) is 11.2. The fourth-order valence-corrected chi connectivity index (χ4v) is 4.93. The molecule has 1 aromatic carbocycles. The number of aromatic nitrogens is 1. The molecule has 0 saturated heterocycles. The number of aromatic carboxylic acids is 1. The van der Waals surface area contributed by atoms with E-state index in [-0.39, 0.29) is 46.2 Å². The summed E-state index contributed by atoms with van der Waals surface area (Å²) in [4.78, 5) is 41.9. The number of carbonyl (C=O) groups excluding carboxylic acids is 1. The molecule has 1 aromatic heterocycles. The van der Waals surface area contributed by atoms with Gasteiger partial charge < -0.3 is 42.4 Å². The molecule has 1 atom stereocenters.